The Labute approximate surface area is 200 Å². The monoisotopic (exact) mass is 463 g/mol. The van der Waals surface area contributed by atoms with E-state index in [-0.39, 0.29) is 11.9 Å². The molecule has 2 aliphatic rings. The van der Waals surface area contributed by atoms with E-state index in [0.717, 1.165) is 55.7 Å². The minimum Gasteiger partial charge on any atom is -0.493 e. The van der Waals surface area contributed by atoms with Crippen LogP contribution in [0.2, 0.25) is 0 Å². The molecule has 1 amide bonds. The predicted octanol–water partition coefficient (Wildman–Crippen LogP) is 4.33. The van der Waals surface area contributed by atoms with E-state index in [1.54, 1.807) is 13.2 Å². The molecular formula is C26H33N5O3. The molecule has 8 nitrogen and oxygen atoms in total. The minimum absolute atomic E-state index is 0.127. The highest BCUT2D eigenvalue weighted by atomic mass is 16.5. The Hall–Kier alpha value is -3.29. The second kappa shape index (κ2) is 9.52. The Balaban J connectivity index is 1.19. The smallest absolute Gasteiger partial charge is 0.287 e. The van der Waals surface area contributed by atoms with Crippen LogP contribution < -0.4 is 20.3 Å². The molecule has 34 heavy (non-hydrogen) atoms. The largest absolute Gasteiger partial charge is 0.493 e. The molecule has 1 fully saturated rings. The van der Waals surface area contributed by atoms with Crippen LogP contribution in [-0.2, 0) is 12.8 Å². The molecule has 3 aromatic rings. The molecule has 0 radical (unpaired) electrons. The standard InChI is InChI=1S/C26H33N5O3/c1-31(2)24-19-8-4-5-9-20(19)29-26(30-24)28-18-13-11-17(12-14-18)27-25(32)22-15-16-7-6-10-21(33-3)23(16)34-22/h6-7,10,15,17-18H,4-5,8-9,11-14H2,1-3H3,(H,27,32)(H,28,29,30). The fourth-order valence-corrected chi connectivity index (χ4v) is 5.14. The number of carbonyl (C=O) groups is 1. The van der Waals surface area contributed by atoms with Crippen molar-refractivity contribution in [2.24, 2.45) is 0 Å². The number of anilines is 2. The number of nitrogens with zero attached hydrogens (tertiary/aromatic N) is 3. The fraction of sp³-hybridized carbons (Fsp3) is 0.500. The topological polar surface area (TPSA) is 92.5 Å². The van der Waals surface area contributed by atoms with Crippen LogP contribution in [0, 0.1) is 0 Å². The van der Waals surface area contributed by atoms with Gasteiger partial charge in [-0.3, -0.25) is 4.79 Å². The number of amides is 1. The molecule has 0 unspecified atom stereocenters. The van der Waals surface area contributed by atoms with E-state index in [1.807, 2.05) is 32.3 Å². The van der Waals surface area contributed by atoms with Gasteiger partial charge in [-0.05, 0) is 63.5 Å². The average molecular weight is 464 g/mol. The van der Waals surface area contributed by atoms with Gasteiger partial charge in [-0.25, -0.2) is 4.98 Å². The van der Waals surface area contributed by atoms with Crippen molar-refractivity contribution >= 4 is 28.6 Å². The van der Waals surface area contributed by atoms with E-state index in [9.17, 15) is 4.79 Å². The van der Waals surface area contributed by atoms with Crippen LogP contribution in [0.15, 0.2) is 28.7 Å². The Morgan fingerprint density at radius 1 is 1.09 bits per heavy atom. The molecule has 2 N–H and O–H groups in total. The molecule has 2 aromatic heterocycles. The SMILES string of the molecule is COc1cccc2cc(C(=O)NC3CCC(Nc4nc5c(c(N(C)C)n4)CCCC5)CC3)oc12. The van der Waals surface area contributed by atoms with Gasteiger partial charge >= 0.3 is 0 Å². The lowest BCUT2D eigenvalue weighted by Gasteiger charge is -2.30. The van der Waals surface area contributed by atoms with E-state index >= 15 is 0 Å². The number of aryl methyl sites for hydroxylation is 1. The zero-order valence-corrected chi connectivity index (χ0v) is 20.2. The summed E-state index contributed by atoms with van der Waals surface area (Å²) < 4.78 is 11.1. The first kappa shape index (κ1) is 22.5. The fourth-order valence-electron chi connectivity index (χ4n) is 5.14. The Bertz CT molecular complexity index is 1180. The quantitative estimate of drug-likeness (QED) is 0.562. The van der Waals surface area contributed by atoms with Crippen molar-refractivity contribution in [2.75, 3.05) is 31.4 Å². The molecule has 0 saturated heterocycles. The highest BCUT2D eigenvalue weighted by Crippen LogP contribution is 2.30. The van der Waals surface area contributed by atoms with Crippen LogP contribution in [0.3, 0.4) is 0 Å². The van der Waals surface area contributed by atoms with E-state index in [1.165, 1.54) is 24.1 Å². The van der Waals surface area contributed by atoms with Gasteiger partial charge in [0.1, 0.15) is 5.82 Å². The third-order valence-corrected chi connectivity index (χ3v) is 6.93. The molecule has 2 heterocycles. The van der Waals surface area contributed by atoms with E-state index in [0.29, 0.717) is 23.1 Å². The number of nitrogens with one attached hydrogen (secondary N) is 2. The number of ether oxygens (including phenoxy) is 1. The predicted molar refractivity (Wildman–Crippen MR) is 133 cm³/mol. The number of benzene rings is 1. The summed E-state index contributed by atoms with van der Waals surface area (Å²) in [6.45, 7) is 0. The first-order valence-corrected chi connectivity index (χ1v) is 12.2. The number of aromatic nitrogens is 2. The van der Waals surface area contributed by atoms with Gasteiger partial charge in [0.05, 0.1) is 12.8 Å². The van der Waals surface area contributed by atoms with Gasteiger partial charge in [-0.15, -0.1) is 0 Å². The molecule has 0 spiro atoms. The number of methoxy groups -OCH3 is 1. The van der Waals surface area contributed by atoms with Gasteiger partial charge < -0.3 is 24.7 Å². The zero-order valence-electron chi connectivity index (χ0n) is 20.2. The molecule has 8 heteroatoms. The van der Waals surface area contributed by atoms with Crippen LogP contribution in [0.1, 0.15) is 60.3 Å². The Kier molecular flexibility index (Phi) is 6.30. The highest BCUT2D eigenvalue weighted by Gasteiger charge is 2.26. The third kappa shape index (κ3) is 4.54. The Morgan fingerprint density at radius 3 is 2.62 bits per heavy atom. The first-order chi connectivity index (χ1) is 16.5. The number of hydrogen-bond donors (Lipinski definition) is 2. The number of fused-ring (bicyclic) bond motifs is 2. The van der Waals surface area contributed by atoms with E-state index in [4.69, 9.17) is 19.1 Å². The van der Waals surface area contributed by atoms with Crippen molar-refractivity contribution in [3.8, 4) is 5.75 Å². The Morgan fingerprint density at radius 2 is 1.85 bits per heavy atom. The summed E-state index contributed by atoms with van der Waals surface area (Å²) in [6, 6.07) is 7.84. The van der Waals surface area contributed by atoms with Gasteiger partial charge in [0.25, 0.3) is 5.91 Å². The molecule has 0 atom stereocenters. The van der Waals surface area contributed by atoms with Crippen molar-refractivity contribution in [1.82, 2.24) is 15.3 Å². The van der Waals surface area contributed by atoms with Gasteiger partial charge in [0.15, 0.2) is 17.1 Å². The van der Waals surface area contributed by atoms with Gasteiger partial charge in [0.2, 0.25) is 5.95 Å². The molecule has 1 saturated carbocycles. The van der Waals surface area contributed by atoms with Crippen molar-refractivity contribution in [3.63, 3.8) is 0 Å². The van der Waals surface area contributed by atoms with Crippen molar-refractivity contribution in [2.45, 2.75) is 63.5 Å². The normalized spacial score (nSPS) is 20.0. The summed E-state index contributed by atoms with van der Waals surface area (Å²) in [7, 11) is 5.69. The number of rotatable bonds is 6. The van der Waals surface area contributed by atoms with Gasteiger partial charge in [0, 0.05) is 37.1 Å². The first-order valence-electron chi connectivity index (χ1n) is 12.2. The second-order valence-electron chi connectivity index (χ2n) is 9.55. The van der Waals surface area contributed by atoms with Crippen LogP contribution in [0.5, 0.6) is 5.75 Å². The molecule has 0 bridgehead atoms. The molecule has 2 aliphatic carbocycles. The van der Waals surface area contributed by atoms with Crippen LogP contribution in [0.25, 0.3) is 11.0 Å². The lowest BCUT2D eigenvalue weighted by Crippen LogP contribution is -2.40. The van der Waals surface area contributed by atoms with E-state index < -0.39 is 0 Å². The minimum atomic E-state index is -0.177. The van der Waals surface area contributed by atoms with Crippen LogP contribution in [-0.4, -0.2) is 49.2 Å². The van der Waals surface area contributed by atoms with Gasteiger partial charge in [-0.2, -0.15) is 4.98 Å². The van der Waals surface area contributed by atoms with Crippen molar-refractivity contribution in [1.29, 1.82) is 0 Å². The molecular weight excluding hydrogens is 430 g/mol. The number of carbonyl (C=O) groups excluding carboxylic acids is 1. The number of furan rings is 1. The van der Waals surface area contributed by atoms with Crippen LogP contribution in [0.4, 0.5) is 11.8 Å². The van der Waals surface area contributed by atoms with Crippen molar-refractivity contribution < 1.29 is 13.9 Å². The van der Waals surface area contributed by atoms with Crippen molar-refractivity contribution in [3.05, 3.63) is 41.3 Å². The lowest BCUT2D eigenvalue weighted by atomic mass is 9.91. The summed E-state index contributed by atoms with van der Waals surface area (Å²) in [4.78, 5) is 24.6. The van der Waals surface area contributed by atoms with Crippen LogP contribution >= 0.6 is 0 Å². The summed E-state index contributed by atoms with van der Waals surface area (Å²) in [6.07, 6.45) is 8.20. The van der Waals surface area contributed by atoms with Gasteiger partial charge in [-0.1, -0.05) is 12.1 Å². The molecule has 5 rings (SSSR count). The van der Waals surface area contributed by atoms with E-state index in [2.05, 4.69) is 15.5 Å². The molecule has 180 valence electrons. The maximum Gasteiger partial charge on any atom is 0.287 e. The maximum absolute atomic E-state index is 12.8. The number of para-hydroxylation sites is 1. The summed E-state index contributed by atoms with van der Waals surface area (Å²) >= 11 is 0. The highest BCUT2D eigenvalue weighted by molar-refractivity contribution is 5.97. The zero-order chi connectivity index (χ0) is 23.7. The average Bonchev–Trinajstić information content (AvgIpc) is 3.29. The lowest BCUT2D eigenvalue weighted by molar-refractivity contribution is 0.0900. The summed E-state index contributed by atoms with van der Waals surface area (Å²) in [5.41, 5.74) is 3.09. The maximum atomic E-state index is 12.8. The third-order valence-electron chi connectivity index (χ3n) is 6.93. The number of hydrogen-bond acceptors (Lipinski definition) is 7. The molecule has 1 aromatic carbocycles. The summed E-state index contributed by atoms with van der Waals surface area (Å²) in [5, 5.41) is 7.57. The molecule has 0 aliphatic heterocycles. The summed E-state index contributed by atoms with van der Waals surface area (Å²) in [5.74, 6) is 2.54. The second-order valence-corrected chi connectivity index (χ2v) is 9.55.